The van der Waals surface area contributed by atoms with Crippen molar-refractivity contribution >= 4 is 64.2 Å². The van der Waals surface area contributed by atoms with Crippen LogP contribution in [-0.4, -0.2) is 147 Å². The van der Waals surface area contributed by atoms with Gasteiger partial charge in [0, 0.05) is 13.1 Å². The maximum atomic E-state index is 13.0. The molecule has 2 aliphatic rings. The Kier molecular flexibility index (Phi) is 23.9. The summed E-state index contributed by atoms with van der Waals surface area (Å²) in [5.74, 6) is 0.744. The Balaban J connectivity index is 0.665. The monoisotopic (exact) mass is 1110 g/mol. The van der Waals surface area contributed by atoms with E-state index in [0.717, 1.165) is 82.4 Å². The van der Waals surface area contributed by atoms with E-state index in [0.29, 0.717) is 79.2 Å². The molecule has 2 unspecified atom stereocenters. The number of aryl methyl sites for hydroxylation is 2. The third kappa shape index (κ3) is 20.3. The number of nitrogens with two attached hydrogens (primary N) is 3. The Morgan fingerprint density at radius 2 is 1.04 bits per heavy atom. The summed E-state index contributed by atoms with van der Waals surface area (Å²) in [5.41, 5.74) is 19.0. The fraction of sp³-hybridized carbons (Fsp3) is 0.538. The highest BCUT2D eigenvalue weighted by Crippen LogP contribution is 2.41. The number of ether oxygens (including phenoxy) is 6. The highest BCUT2D eigenvalue weighted by Gasteiger charge is 2.52. The number of benzene rings is 2. The molecule has 0 bridgehead atoms. The third-order valence-corrected chi connectivity index (χ3v) is 13.2. The number of rotatable bonds is 37. The first-order valence-electron chi connectivity index (χ1n) is 26.0. The average Bonchev–Trinajstić information content (AvgIpc) is 4.34. The fourth-order valence-electron chi connectivity index (χ4n) is 8.01. The molecule has 2 aliphatic carbocycles. The van der Waals surface area contributed by atoms with Crippen LogP contribution in [0.3, 0.4) is 0 Å². The van der Waals surface area contributed by atoms with E-state index in [-0.39, 0.29) is 62.5 Å². The van der Waals surface area contributed by atoms with Crippen molar-refractivity contribution in [3.63, 3.8) is 0 Å². The van der Waals surface area contributed by atoms with E-state index in [2.05, 4.69) is 83.0 Å². The van der Waals surface area contributed by atoms with Gasteiger partial charge in [0.25, 0.3) is 11.8 Å². The van der Waals surface area contributed by atoms with Gasteiger partial charge < -0.3 is 72.3 Å². The van der Waals surface area contributed by atoms with Gasteiger partial charge >= 0.3 is 6.03 Å². The van der Waals surface area contributed by atoms with Crippen LogP contribution < -0.4 is 58.6 Å². The summed E-state index contributed by atoms with van der Waals surface area (Å²) in [6, 6.07) is 15.8. The quantitative estimate of drug-likeness (QED) is 0.0169. The Morgan fingerprint density at radius 1 is 0.584 bits per heavy atom. The summed E-state index contributed by atoms with van der Waals surface area (Å²) in [7, 11) is 0. The maximum Gasteiger partial charge on any atom is 0.314 e. The number of nitrogens with zero attached hydrogens (tertiary/aromatic N) is 4. The van der Waals surface area contributed by atoms with Gasteiger partial charge in [-0.15, -0.1) is 0 Å². The summed E-state index contributed by atoms with van der Waals surface area (Å²) in [6.45, 7) is 9.74. The van der Waals surface area contributed by atoms with Crippen molar-refractivity contribution in [3.05, 3.63) is 87.0 Å². The number of anilines is 3. The molecule has 4 amide bonds. The Labute approximate surface area is 459 Å². The van der Waals surface area contributed by atoms with Gasteiger partial charge in [0.2, 0.25) is 0 Å². The molecular weight excluding hydrogens is 1040 g/mol. The van der Waals surface area contributed by atoms with E-state index in [1.807, 2.05) is 24.3 Å². The number of unbranched alkanes of at least 4 members (excludes halogenated alkanes) is 2. The van der Waals surface area contributed by atoms with Gasteiger partial charge in [-0.2, -0.15) is 0 Å². The van der Waals surface area contributed by atoms with Crippen molar-refractivity contribution < 1.29 is 42.8 Å². The van der Waals surface area contributed by atoms with Gasteiger partial charge in [-0.1, -0.05) is 54.4 Å². The van der Waals surface area contributed by atoms with Gasteiger partial charge in [0.05, 0.1) is 69.9 Å². The second-order valence-corrected chi connectivity index (χ2v) is 19.5. The van der Waals surface area contributed by atoms with Crippen LogP contribution in [0.2, 0.25) is 10.3 Å². The van der Waals surface area contributed by atoms with E-state index in [9.17, 15) is 14.4 Å². The molecule has 0 saturated heterocycles. The second kappa shape index (κ2) is 30.7. The van der Waals surface area contributed by atoms with Crippen LogP contribution in [0.25, 0.3) is 0 Å². The number of aromatic nitrogens is 4. The second-order valence-electron chi connectivity index (χ2n) is 18.8. The first kappa shape index (κ1) is 60.1. The van der Waals surface area contributed by atoms with Crippen molar-refractivity contribution in [2.75, 3.05) is 109 Å². The van der Waals surface area contributed by atoms with E-state index < -0.39 is 23.1 Å². The van der Waals surface area contributed by atoms with Gasteiger partial charge in [-0.3, -0.25) is 20.2 Å². The number of hydrogen-bond donors (Lipinski definition) is 10. The lowest BCUT2D eigenvalue weighted by Crippen LogP contribution is -2.50. The first-order chi connectivity index (χ1) is 37.2. The van der Waals surface area contributed by atoms with Gasteiger partial charge in [0.15, 0.2) is 39.1 Å². The zero-order chi connectivity index (χ0) is 55.0. The normalized spacial score (nSPS) is 16.1. The Hall–Kier alpha value is -6.18. The van der Waals surface area contributed by atoms with Crippen molar-refractivity contribution in [2.24, 2.45) is 5.92 Å². The van der Waals surface area contributed by atoms with Crippen molar-refractivity contribution in [1.29, 1.82) is 5.41 Å². The number of carbonyl (C=O) groups is 3. The fourth-order valence-corrected chi connectivity index (χ4v) is 8.40. The van der Waals surface area contributed by atoms with Crippen molar-refractivity contribution in [1.82, 2.24) is 51.8 Å². The predicted octanol–water partition coefficient (Wildman–Crippen LogP) is 4.44. The Morgan fingerprint density at radius 3 is 1.53 bits per heavy atom. The molecule has 2 atom stereocenters. The lowest BCUT2D eigenvalue weighted by Gasteiger charge is -2.21. The molecule has 0 aliphatic heterocycles. The van der Waals surface area contributed by atoms with E-state index in [1.54, 1.807) is 0 Å². The number of nitrogens with one attached hydrogen (secondary N) is 7. The van der Waals surface area contributed by atoms with Crippen LogP contribution in [0, 0.1) is 11.3 Å². The van der Waals surface area contributed by atoms with Gasteiger partial charge in [-0.25, -0.2) is 24.7 Å². The molecule has 420 valence electrons. The minimum absolute atomic E-state index is 0.0185. The molecule has 77 heavy (non-hydrogen) atoms. The van der Waals surface area contributed by atoms with Crippen molar-refractivity contribution in [3.8, 4) is 11.5 Å². The molecule has 2 aromatic carbocycles. The number of halogens is 2. The average molecular weight is 1110 g/mol. The molecule has 2 saturated carbocycles. The summed E-state index contributed by atoms with van der Waals surface area (Å²) < 4.78 is 33.9. The SMILES string of the molecule is CC(=N)c1nc(N)c(C(=O)NC2(NCCCCc3ccc(OCCOCCOCCNC(=O)NCCOCCOCCOc4ccc(CCCCNC5(NC(=O)c6nc(Cl)c(N)nc6N)CC5)cc4)cc3)CC2C)nc1Cl. The minimum Gasteiger partial charge on any atom is -0.491 e. The summed E-state index contributed by atoms with van der Waals surface area (Å²) >= 11 is 12.1. The Bertz CT molecular complexity index is 2550. The molecule has 4 aromatic rings. The van der Waals surface area contributed by atoms with Crippen LogP contribution >= 0.6 is 23.2 Å². The standard InChI is InChI=1S/C52H74Cl2N14O9/c1-34-33-52(34,68-49(70)41-45(56)65-40(35(2)55)43(53)63-41)62-20-6-4-8-37-11-15-39(16-12-37)77-32-30-75-28-26-73-24-22-60-50(71)59-21-23-72-25-27-74-29-31-76-38-13-9-36(10-14-38)7-3-5-19-61-51(17-18-51)67-48(69)42-46(57)66-47(58)44(54)64-42/h9-16,34,55,61-62H,3-8,17-33H2,1-2H3,(H2,56,65)(H,67,69)(H,68,70)(H4,57,58,66)(H2,59,60,71). The molecular formula is C52H74Cl2N14O9. The molecule has 2 aromatic heterocycles. The molecule has 2 fully saturated rings. The van der Waals surface area contributed by atoms with Crippen LogP contribution in [0.4, 0.5) is 22.2 Å². The topological polar surface area (TPSA) is 332 Å². The molecule has 0 radical (unpaired) electrons. The number of urea groups is 1. The predicted molar refractivity (Wildman–Crippen MR) is 294 cm³/mol. The lowest BCUT2D eigenvalue weighted by molar-refractivity contribution is 0.0368. The molecule has 25 heteroatoms. The highest BCUT2D eigenvalue weighted by molar-refractivity contribution is 6.33. The van der Waals surface area contributed by atoms with Crippen LogP contribution in [0.1, 0.15) is 96.6 Å². The number of carbonyl (C=O) groups excluding carboxylic acids is 3. The zero-order valence-corrected chi connectivity index (χ0v) is 45.4. The smallest absolute Gasteiger partial charge is 0.314 e. The molecule has 0 spiro atoms. The van der Waals surface area contributed by atoms with E-state index in [1.165, 1.54) is 18.1 Å². The van der Waals surface area contributed by atoms with Gasteiger partial charge in [0.1, 0.15) is 30.4 Å². The first-order valence-corrected chi connectivity index (χ1v) is 26.8. The van der Waals surface area contributed by atoms with Crippen LogP contribution in [0.15, 0.2) is 48.5 Å². The van der Waals surface area contributed by atoms with Crippen LogP contribution in [0.5, 0.6) is 11.5 Å². The zero-order valence-electron chi connectivity index (χ0n) is 43.9. The molecule has 2 heterocycles. The number of nitrogen functional groups attached to an aromatic ring is 3. The lowest BCUT2D eigenvalue weighted by atomic mass is 10.1. The van der Waals surface area contributed by atoms with Gasteiger partial charge in [-0.05, 0) is 119 Å². The molecule has 13 N–H and O–H groups in total. The third-order valence-electron chi connectivity index (χ3n) is 12.7. The molecule has 23 nitrogen and oxygen atoms in total. The minimum atomic E-state index is -0.530. The molecule has 6 rings (SSSR count). The number of amides is 4. The summed E-state index contributed by atoms with van der Waals surface area (Å²) in [6.07, 6.45) is 8.02. The largest absolute Gasteiger partial charge is 0.491 e. The van der Waals surface area contributed by atoms with Crippen LogP contribution in [-0.2, 0) is 31.8 Å². The highest BCUT2D eigenvalue weighted by atomic mass is 35.5. The summed E-state index contributed by atoms with van der Waals surface area (Å²) in [4.78, 5) is 53.8. The van der Waals surface area contributed by atoms with E-state index in [4.69, 9.17) is 74.2 Å². The maximum absolute atomic E-state index is 13.0. The number of hydrogen-bond acceptors (Lipinski definition) is 19. The summed E-state index contributed by atoms with van der Waals surface area (Å²) in [5, 5.41) is 26.1. The van der Waals surface area contributed by atoms with E-state index >= 15 is 0 Å². The van der Waals surface area contributed by atoms with Crippen molar-refractivity contribution in [2.45, 2.75) is 83.0 Å².